The Bertz CT molecular complexity index is 520. The predicted octanol–water partition coefficient (Wildman–Crippen LogP) is 3.12. The molecule has 2 rings (SSSR count). The molecule has 0 spiro atoms. The van der Waals surface area contributed by atoms with Crippen LogP contribution in [0.25, 0.3) is 0 Å². The van der Waals surface area contributed by atoms with E-state index in [9.17, 15) is 5.11 Å². The first-order valence-corrected chi connectivity index (χ1v) is 6.81. The highest BCUT2D eigenvalue weighted by Crippen LogP contribution is 2.13. The van der Waals surface area contributed by atoms with Crippen molar-refractivity contribution in [3.8, 4) is 11.5 Å². The lowest BCUT2D eigenvalue weighted by Crippen LogP contribution is -2.27. The number of nitrogens with one attached hydrogen (secondary N) is 1. The van der Waals surface area contributed by atoms with Gasteiger partial charge in [0.05, 0.1) is 7.11 Å². The average Bonchev–Trinajstić information content (AvgIpc) is 2.47. The van der Waals surface area contributed by atoms with Gasteiger partial charge in [0.2, 0.25) is 0 Å². The van der Waals surface area contributed by atoms with Gasteiger partial charge in [-0.2, -0.15) is 0 Å². The van der Waals surface area contributed by atoms with Gasteiger partial charge >= 0.3 is 0 Å². The Kier molecular flexibility index (Phi) is 5.02. The minimum absolute atomic E-state index is 0.306. The van der Waals surface area contributed by atoms with Gasteiger partial charge in [0, 0.05) is 12.6 Å². The van der Waals surface area contributed by atoms with Gasteiger partial charge in [-0.05, 0) is 48.7 Å². The van der Waals surface area contributed by atoms with Crippen LogP contribution in [0.15, 0.2) is 48.5 Å². The monoisotopic (exact) mass is 271 g/mol. The number of benzene rings is 2. The first kappa shape index (κ1) is 14.4. The van der Waals surface area contributed by atoms with Gasteiger partial charge in [0.25, 0.3) is 0 Å². The summed E-state index contributed by atoms with van der Waals surface area (Å²) in [6.45, 7) is 2.97. The minimum atomic E-state index is 0.306. The van der Waals surface area contributed by atoms with Crippen LogP contribution in [0.5, 0.6) is 11.5 Å². The summed E-state index contributed by atoms with van der Waals surface area (Å²) in [4.78, 5) is 0. The van der Waals surface area contributed by atoms with E-state index in [4.69, 9.17) is 4.74 Å². The van der Waals surface area contributed by atoms with E-state index in [1.165, 1.54) is 11.1 Å². The highest BCUT2D eigenvalue weighted by Gasteiger charge is 2.04. The highest BCUT2D eigenvalue weighted by molar-refractivity contribution is 5.28. The number of phenols is 1. The number of rotatable bonds is 6. The molecule has 2 aromatic carbocycles. The molecule has 3 nitrogen and oxygen atoms in total. The van der Waals surface area contributed by atoms with Gasteiger partial charge in [0.15, 0.2) is 0 Å². The zero-order chi connectivity index (χ0) is 14.4. The molecule has 0 amide bonds. The second-order valence-corrected chi connectivity index (χ2v) is 5.00. The quantitative estimate of drug-likeness (QED) is 0.848. The molecule has 20 heavy (non-hydrogen) atoms. The molecule has 0 fully saturated rings. The van der Waals surface area contributed by atoms with Crippen LogP contribution >= 0.6 is 0 Å². The zero-order valence-electron chi connectivity index (χ0n) is 12.0. The van der Waals surface area contributed by atoms with Crippen LogP contribution in [0.4, 0.5) is 0 Å². The molecular formula is C17H21NO2. The lowest BCUT2D eigenvalue weighted by Gasteiger charge is -2.14. The van der Waals surface area contributed by atoms with Crippen molar-refractivity contribution in [2.45, 2.75) is 25.9 Å². The van der Waals surface area contributed by atoms with Gasteiger partial charge in [-0.1, -0.05) is 24.3 Å². The fourth-order valence-corrected chi connectivity index (χ4v) is 2.09. The Morgan fingerprint density at radius 2 is 1.60 bits per heavy atom. The molecule has 0 saturated heterocycles. The molecule has 0 radical (unpaired) electrons. The van der Waals surface area contributed by atoms with E-state index in [1.807, 2.05) is 24.3 Å². The molecule has 2 N–H and O–H groups in total. The Morgan fingerprint density at radius 1 is 1.00 bits per heavy atom. The molecule has 2 aromatic rings. The normalized spacial score (nSPS) is 12.1. The molecule has 106 valence electrons. The van der Waals surface area contributed by atoms with E-state index in [1.54, 1.807) is 19.2 Å². The van der Waals surface area contributed by atoms with Crippen LogP contribution in [0.2, 0.25) is 0 Å². The maximum absolute atomic E-state index is 9.24. The number of hydrogen-bond donors (Lipinski definition) is 2. The maximum Gasteiger partial charge on any atom is 0.118 e. The summed E-state index contributed by atoms with van der Waals surface area (Å²) in [5.41, 5.74) is 2.46. The average molecular weight is 271 g/mol. The first-order valence-electron chi connectivity index (χ1n) is 6.81. The van der Waals surface area contributed by atoms with E-state index >= 15 is 0 Å². The second-order valence-electron chi connectivity index (χ2n) is 5.00. The van der Waals surface area contributed by atoms with Gasteiger partial charge in [-0.3, -0.25) is 0 Å². The molecule has 0 saturated carbocycles. The van der Waals surface area contributed by atoms with Crippen molar-refractivity contribution in [2.24, 2.45) is 0 Å². The highest BCUT2D eigenvalue weighted by atomic mass is 16.5. The lowest BCUT2D eigenvalue weighted by atomic mass is 10.1. The summed E-state index contributed by atoms with van der Waals surface area (Å²) in [7, 11) is 1.68. The van der Waals surface area contributed by atoms with Crippen molar-refractivity contribution in [2.75, 3.05) is 7.11 Å². The molecule has 0 aliphatic carbocycles. The number of aromatic hydroxyl groups is 1. The summed E-state index contributed by atoms with van der Waals surface area (Å²) >= 11 is 0. The fourth-order valence-electron chi connectivity index (χ4n) is 2.09. The topological polar surface area (TPSA) is 41.5 Å². The van der Waals surface area contributed by atoms with E-state index < -0.39 is 0 Å². The maximum atomic E-state index is 9.24. The van der Waals surface area contributed by atoms with Crippen molar-refractivity contribution in [3.63, 3.8) is 0 Å². The van der Waals surface area contributed by atoms with Crippen molar-refractivity contribution in [1.82, 2.24) is 5.32 Å². The third-order valence-electron chi connectivity index (χ3n) is 3.29. The van der Waals surface area contributed by atoms with Gasteiger partial charge in [-0.25, -0.2) is 0 Å². The van der Waals surface area contributed by atoms with Crippen LogP contribution in [0.1, 0.15) is 18.1 Å². The number of hydrogen-bond acceptors (Lipinski definition) is 3. The Morgan fingerprint density at radius 3 is 2.20 bits per heavy atom. The minimum Gasteiger partial charge on any atom is -0.508 e. The number of ether oxygens (including phenoxy) is 1. The Hall–Kier alpha value is -2.00. The molecule has 3 heteroatoms. The van der Waals surface area contributed by atoms with Gasteiger partial charge in [0.1, 0.15) is 11.5 Å². The van der Waals surface area contributed by atoms with E-state index in [0.29, 0.717) is 11.8 Å². The molecule has 1 atom stereocenters. The van der Waals surface area contributed by atoms with Crippen LogP contribution in [-0.4, -0.2) is 18.3 Å². The molecule has 1 unspecified atom stereocenters. The molecule has 0 aliphatic rings. The standard InChI is InChI=1S/C17H21NO2/c1-13(11-14-5-9-17(20-2)10-6-14)18-12-15-3-7-16(19)8-4-15/h3-10,13,18-19H,11-12H2,1-2H3. The van der Waals surface area contributed by atoms with Crippen molar-refractivity contribution < 1.29 is 9.84 Å². The van der Waals surface area contributed by atoms with Gasteiger partial charge < -0.3 is 15.2 Å². The molecular weight excluding hydrogens is 250 g/mol. The SMILES string of the molecule is COc1ccc(CC(C)NCc2ccc(O)cc2)cc1. The summed E-state index contributed by atoms with van der Waals surface area (Å²) in [5.74, 6) is 1.19. The Balaban J connectivity index is 1.82. The van der Waals surface area contributed by atoms with E-state index in [-0.39, 0.29) is 0 Å². The van der Waals surface area contributed by atoms with Crippen LogP contribution < -0.4 is 10.1 Å². The predicted molar refractivity (Wildman–Crippen MR) is 81.1 cm³/mol. The van der Waals surface area contributed by atoms with Crippen molar-refractivity contribution in [3.05, 3.63) is 59.7 Å². The number of phenolic OH excluding ortho intramolecular Hbond substituents is 1. The van der Waals surface area contributed by atoms with Crippen LogP contribution in [-0.2, 0) is 13.0 Å². The summed E-state index contributed by atoms with van der Waals surface area (Å²) in [6.07, 6.45) is 0.974. The third kappa shape index (κ3) is 4.28. The van der Waals surface area contributed by atoms with Crippen molar-refractivity contribution in [1.29, 1.82) is 0 Å². The van der Waals surface area contributed by atoms with Crippen LogP contribution in [0.3, 0.4) is 0 Å². The van der Waals surface area contributed by atoms with E-state index in [2.05, 4.69) is 24.4 Å². The number of methoxy groups -OCH3 is 1. The first-order chi connectivity index (χ1) is 9.67. The summed E-state index contributed by atoms with van der Waals surface area (Å²) in [5, 5.41) is 12.7. The summed E-state index contributed by atoms with van der Waals surface area (Å²) in [6, 6.07) is 15.8. The smallest absolute Gasteiger partial charge is 0.118 e. The fraction of sp³-hybridized carbons (Fsp3) is 0.294. The Labute approximate surface area is 120 Å². The molecule has 0 aliphatic heterocycles. The molecule has 0 aromatic heterocycles. The van der Waals surface area contributed by atoms with E-state index in [0.717, 1.165) is 18.7 Å². The van der Waals surface area contributed by atoms with Crippen molar-refractivity contribution >= 4 is 0 Å². The van der Waals surface area contributed by atoms with Gasteiger partial charge in [-0.15, -0.1) is 0 Å². The van der Waals surface area contributed by atoms with Crippen LogP contribution in [0, 0.1) is 0 Å². The summed E-state index contributed by atoms with van der Waals surface area (Å²) < 4.78 is 5.15. The molecule has 0 bridgehead atoms. The zero-order valence-corrected chi connectivity index (χ0v) is 12.0. The second kappa shape index (κ2) is 6.96. The lowest BCUT2D eigenvalue weighted by molar-refractivity contribution is 0.414. The molecule has 0 heterocycles. The largest absolute Gasteiger partial charge is 0.508 e. The third-order valence-corrected chi connectivity index (χ3v) is 3.29.